The Kier molecular flexibility index (Phi) is 4.50. The van der Waals surface area contributed by atoms with Crippen molar-refractivity contribution in [1.82, 2.24) is 4.98 Å². The third kappa shape index (κ3) is 3.52. The van der Waals surface area contributed by atoms with E-state index in [1.807, 2.05) is 6.92 Å². The van der Waals surface area contributed by atoms with Gasteiger partial charge in [0.05, 0.1) is 11.8 Å². The summed E-state index contributed by atoms with van der Waals surface area (Å²) in [5, 5.41) is 9.62. The molecule has 0 saturated heterocycles. The summed E-state index contributed by atoms with van der Waals surface area (Å²) in [5.41, 5.74) is 0.608. The summed E-state index contributed by atoms with van der Waals surface area (Å²) in [6.07, 6.45) is 1.64. The normalized spacial score (nSPS) is 12.4. The smallest absolute Gasteiger partial charge is 0.159 e. The van der Waals surface area contributed by atoms with Crippen LogP contribution in [0.15, 0.2) is 46.3 Å². The molecule has 1 aromatic carbocycles. The fourth-order valence-corrected chi connectivity index (χ4v) is 2.35. The fraction of sp³-hybridized carbons (Fsp3) is 0.214. The number of aliphatic hydroxyl groups is 1. The van der Waals surface area contributed by atoms with Crippen LogP contribution in [0, 0.1) is 11.6 Å². The van der Waals surface area contributed by atoms with Gasteiger partial charge in [-0.05, 0) is 36.8 Å². The molecule has 0 aliphatic heterocycles. The number of pyridine rings is 1. The Labute approximate surface area is 114 Å². The zero-order chi connectivity index (χ0) is 13.8. The van der Waals surface area contributed by atoms with Crippen LogP contribution in [0.3, 0.4) is 0 Å². The minimum absolute atomic E-state index is 0.567. The van der Waals surface area contributed by atoms with E-state index in [0.717, 1.165) is 17.0 Å². The first kappa shape index (κ1) is 14.0. The Morgan fingerprint density at radius 3 is 2.47 bits per heavy atom. The van der Waals surface area contributed by atoms with Crippen LogP contribution in [-0.2, 0) is 0 Å². The molecule has 0 fully saturated rings. The van der Waals surface area contributed by atoms with Gasteiger partial charge in [-0.3, -0.25) is 4.98 Å². The maximum atomic E-state index is 13.1. The van der Waals surface area contributed by atoms with E-state index in [9.17, 15) is 13.9 Å². The Balaban J connectivity index is 2.12. The fourth-order valence-electron chi connectivity index (χ4n) is 1.53. The molecule has 0 spiro atoms. The molecule has 0 aliphatic rings. The maximum Gasteiger partial charge on any atom is 0.159 e. The first-order valence-corrected chi connectivity index (χ1v) is 6.68. The van der Waals surface area contributed by atoms with Crippen molar-refractivity contribution >= 4 is 11.8 Å². The predicted molar refractivity (Wildman–Crippen MR) is 70.0 cm³/mol. The van der Waals surface area contributed by atoms with Crippen LogP contribution in [0.1, 0.15) is 25.1 Å². The molecule has 1 N–H and O–H groups in total. The average molecular weight is 281 g/mol. The van der Waals surface area contributed by atoms with Crippen LogP contribution in [0.2, 0.25) is 0 Å². The molecule has 100 valence electrons. The van der Waals surface area contributed by atoms with Gasteiger partial charge in [0.15, 0.2) is 11.6 Å². The second-order valence-electron chi connectivity index (χ2n) is 4.02. The number of aliphatic hydroxyl groups excluding tert-OH is 1. The molecule has 2 nitrogen and oxygen atoms in total. The number of hydrogen-bond acceptors (Lipinski definition) is 3. The molecule has 0 saturated carbocycles. The molecule has 0 radical (unpaired) electrons. The second kappa shape index (κ2) is 6.12. The van der Waals surface area contributed by atoms with Gasteiger partial charge in [0.25, 0.3) is 0 Å². The molecule has 1 aromatic heterocycles. The van der Waals surface area contributed by atoms with Crippen LogP contribution in [0.25, 0.3) is 0 Å². The minimum atomic E-state index is -0.865. The van der Waals surface area contributed by atoms with E-state index < -0.39 is 17.7 Å². The van der Waals surface area contributed by atoms with Crippen molar-refractivity contribution in [3.63, 3.8) is 0 Å². The summed E-state index contributed by atoms with van der Waals surface area (Å²) in [7, 11) is 0. The third-order valence-electron chi connectivity index (χ3n) is 2.61. The molecule has 2 aromatic rings. The van der Waals surface area contributed by atoms with Crippen molar-refractivity contribution in [2.24, 2.45) is 0 Å². The zero-order valence-electron chi connectivity index (χ0n) is 10.3. The summed E-state index contributed by atoms with van der Waals surface area (Å²) in [6, 6.07) is 7.29. The van der Waals surface area contributed by atoms with Gasteiger partial charge in [-0.15, -0.1) is 0 Å². The van der Waals surface area contributed by atoms with Gasteiger partial charge in [0, 0.05) is 16.0 Å². The van der Waals surface area contributed by atoms with Gasteiger partial charge in [-0.2, -0.15) is 0 Å². The predicted octanol–water partition coefficient (Wildman–Crippen LogP) is 3.95. The second-order valence-corrected chi connectivity index (χ2v) is 5.17. The molecule has 1 atom stereocenters. The van der Waals surface area contributed by atoms with Crippen molar-refractivity contribution in [2.75, 3.05) is 0 Å². The van der Waals surface area contributed by atoms with E-state index in [1.54, 1.807) is 18.3 Å². The largest absolute Gasteiger partial charge is 0.387 e. The quantitative estimate of drug-likeness (QED) is 0.921. The van der Waals surface area contributed by atoms with Crippen LogP contribution in [0.5, 0.6) is 0 Å². The van der Waals surface area contributed by atoms with Crippen LogP contribution in [-0.4, -0.2) is 10.1 Å². The number of halogens is 2. The molecular weight excluding hydrogens is 268 g/mol. The first-order valence-electron chi connectivity index (χ1n) is 5.87. The minimum Gasteiger partial charge on any atom is -0.387 e. The third-order valence-corrected chi connectivity index (χ3v) is 3.58. The topological polar surface area (TPSA) is 33.1 Å². The lowest BCUT2D eigenvalue weighted by Gasteiger charge is -2.07. The Morgan fingerprint density at radius 2 is 1.89 bits per heavy atom. The molecular formula is C14H13F2NOS. The number of hydrogen-bond donors (Lipinski definition) is 1. The Bertz CT molecular complexity index is 560. The summed E-state index contributed by atoms with van der Waals surface area (Å²) in [5.74, 6) is -1.72. The summed E-state index contributed by atoms with van der Waals surface area (Å²) >= 11 is 1.29. The van der Waals surface area contributed by atoms with E-state index in [-0.39, 0.29) is 0 Å². The van der Waals surface area contributed by atoms with Crippen molar-refractivity contribution in [3.05, 3.63) is 53.9 Å². The highest BCUT2D eigenvalue weighted by Gasteiger charge is 2.07. The summed E-state index contributed by atoms with van der Waals surface area (Å²) in [6.45, 7) is 1.87. The SMILES string of the molecule is CC[C@@H](O)c1ccc(Sc2ccc(F)c(F)c2)cn1. The lowest BCUT2D eigenvalue weighted by molar-refractivity contribution is 0.169. The van der Waals surface area contributed by atoms with Gasteiger partial charge in [0.1, 0.15) is 0 Å². The van der Waals surface area contributed by atoms with Gasteiger partial charge in [0.2, 0.25) is 0 Å². The standard InChI is InChI=1S/C14H13F2NOS/c1-2-14(18)13-6-4-10(8-17-13)19-9-3-5-11(15)12(16)7-9/h3-8,14,18H,2H2,1H3/t14-/m1/s1. The van der Waals surface area contributed by atoms with Gasteiger partial charge in [-0.25, -0.2) is 8.78 Å². The summed E-state index contributed by atoms with van der Waals surface area (Å²) in [4.78, 5) is 5.55. The maximum absolute atomic E-state index is 13.1. The van der Waals surface area contributed by atoms with Crippen LogP contribution < -0.4 is 0 Å². The molecule has 0 bridgehead atoms. The molecule has 1 heterocycles. The lowest BCUT2D eigenvalue weighted by Crippen LogP contribution is -1.97. The molecule has 0 unspecified atom stereocenters. The van der Waals surface area contributed by atoms with Gasteiger partial charge < -0.3 is 5.11 Å². The number of nitrogens with zero attached hydrogens (tertiary/aromatic N) is 1. The zero-order valence-corrected chi connectivity index (χ0v) is 11.1. The van der Waals surface area contributed by atoms with Crippen LogP contribution >= 0.6 is 11.8 Å². The molecule has 0 aliphatic carbocycles. The van der Waals surface area contributed by atoms with E-state index in [4.69, 9.17) is 0 Å². The highest BCUT2D eigenvalue weighted by Crippen LogP contribution is 2.28. The summed E-state index contributed by atoms with van der Waals surface area (Å²) < 4.78 is 25.9. The Hall–Kier alpha value is -1.46. The van der Waals surface area contributed by atoms with Crippen molar-refractivity contribution < 1.29 is 13.9 Å². The monoisotopic (exact) mass is 281 g/mol. The molecule has 5 heteroatoms. The Morgan fingerprint density at radius 1 is 1.16 bits per heavy atom. The highest BCUT2D eigenvalue weighted by atomic mass is 32.2. The van der Waals surface area contributed by atoms with Crippen molar-refractivity contribution in [2.45, 2.75) is 29.2 Å². The van der Waals surface area contributed by atoms with Crippen molar-refractivity contribution in [1.29, 1.82) is 0 Å². The number of aromatic nitrogens is 1. The van der Waals surface area contributed by atoms with E-state index >= 15 is 0 Å². The van der Waals surface area contributed by atoms with E-state index in [1.165, 1.54) is 17.8 Å². The lowest BCUT2D eigenvalue weighted by atomic mass is 10.2. The molecule has 0 amide bonds. The average Bonchev–Trinajstić information content (AvgIpc) is 2.43. The first-order chi connectivity index (χ1) is 9.10. The number of benzene rings is 1. The van der Waals surface area contributed by atoms with E-state index in [2.05, 4.69) is 4.98 Å². The molecule has 2 rings (SSSR count). The van der Waals surface area contributed by atoms with Gasteiger partial charge in [-0.1, -0.05) is 18.7 Å². The van der Waals surface area contributed by atoms with Crippen LogP contribution in [0.4, 0.5) is 8.78 Å². The van der Waals surface area contributed by atoms with Crippen molar-refractivity contribution in [3.8, 4) is 0 Å². The number of rotatable bonds is 4. The van der Waals surface area contributed by atoms with Gasteiger partial charge >= 0.3 is 0 Å². The highest BCUT2D eigenvalue weighted by molar-refractivity contribution is 7.99. The van der Waals surface area contributed by atoms with E-state index in [0.29, 0.717) is 17.0 Å². The molecule has 19 heavy (non-hydrogen) atoms.